The van der Waals surface area contributed by atoms with Crippen LogP contribution >= 0.6 is 0 Å². The van der Waals surface area contributed by atoms with Gasteiger partial charge in [-0.1, -0.05) is 24.3 Å². The van der Waals surface area contributed by atoms with Crippen LogP contribution in [0.2, 0.25) is 0 Å². The molecule has 0 aliphatic rings. The highest BCUT2D eigenvalue weighted by molar-refractivity contribution is 6.16. The summed E-state index contributed by atoms with van der Waals surface area (Å²) in [5, 5.41) is 13.6. The van der Waals surface area contributed by atoms with Gasteiger partial charge in [-0.05, 0) is 49.4 Å². The van der Waals surface area contributed by atoms with E-state index in [1.54, 1.807) is 0 Å². The minimum Gasteiger partial charge on any atom is -0.456 e. The van der Waals surface area contributed by atoms with Crippen LogP contribution in [-0.4, -0.2) is 4.57 Å². The van der Waals surface area contributed by atoms with Crippen LogP contribution in [0.5, 0.6) is 0 Å². The van der Waals surface area contributed by atoms with Gasteiger partial charge in [0, 0.05) is 28.6 Å². The first kappa shape index (κ1) is 19.0. The minimum atomic E-state index is 0.591. The number of aromatic nitrogens is 2. The van der Waals surface area contributed by atoms with E-state index in [1.807, 2.05) is 42.5 Å². The molecule has 0 bridgehead atoms. The van der Waals surface area contributed by atoms with Crippen molar-refractivity contribution in [1.82, 2.24) is 4.57 Å². The zero-order valence-electron chi connectivity index (χ0n) is 19.0. The Kier molecular flexibility index (Phi) is 3.62. The van der Waals surface area contributed by atoms with Crippen molar-refractivity contribution in [3.8, 4) is 11.8 Å². The van der Waals surface area contributed by atoms with E-state index in [0.717, 1.165) is 72.0 Å². The first-order valence-electron chi connectivity index (χ1n) is 11.2. The second kappa shape index (κ2) is 6.49. The number of benzene rings is 4. The van der Waals surface area contributed by atoms with Gasteiger partial charge in [0.1, 0.15) is 16.7 Å². The van der Waals surface area contributed by atoms with Crippen molar-refractivity contribution in [2.45, 2.75) is 13.8 Å². The Morgan fingerprint density at radius 1 is 0.824 bits per heavy atom. The number of nitrogens with zero attached hydrogens (tertiary/aromatic N) is 3. The van der Waals surface area contributed by atoms with E-state index < -0.39 is 0 Å². The largest absolute Gasteiger partial charge is 0.456 e. The molecule has 0 aliphatic heterocycles. The van der Waals surface area contributed by atoms with E-state index >= 15 is 0 Å². The lowest BCUT2D eigenvalue weighted by atomic mass is 10.1. The molecule has 0 unspecified atom stereocenters. The number of hydrogen-bond acceptors (Lipinski definition) is 3. The number of fused-ring (bicyclic) bond motifs is 8. The van der Waals surface area contributed by atoms with Gasteiger partial charge in [-0.2, -0.15) is 9.83 Å². The van der Waals surface area contributed by atoms with Crippen LogP contribution in [-0.2, 0) is 7.05 Å². The zero-order chi connectivity index (χ0) is 23.1. The van der Waals surface area contributed by atoms with E-state index in [2.05, 4.69) is 60.4 Å². The number of para-hydroxylation sites is 1. The third kappa shape index (κ3) is 2.29. The number of nitriles is 1. The molecule has 162 valence electrons. The number of imidazole rings is 1. The Hall–Kier alpha value is -4.56. The predicted molar refractivity (Wildman–Crippen MR) is 133 cm³/mol. The molecular weight excluding hydrogens is 422 g/mol. The fourth-order valence-corrected chi connectivity index (χ4v) is 5.35. The smallest absolute Gasteiger partial charge is 0.259 e. The number of hydrogen-bond donors (Lipinski definition) is 0. The lowest BCUT2D eigenvalue weighted by Crippen LogP contribution is -2.31. The van der Waals surface area contributed by atoms with Crippen LogP contribution < -0.4 is 4.57 Å². The fourth-order valence-electron chi connectivity index (χ4n) is 5.35. The highest BCUT2D eigenvalue weighted by Gasteiger charge is 2.29. The van der Waals surface area contributed by atoms with E-state index in [0.29, 0.717) is 5.56 Å². The summed E-state index contributed by atoms with van der Waals surface area (Å²) < 4.78 is 17.1. The van der Waals surface area contributed by atoms with Crippen molar-refractivity contribution in [2.75, 3.05) is 0 Å². The van der Waals surface area contributed by atoms with Gasteiger partial charge in [-0.15, -0.1) is 0 Å². The summed E-state index contributed by atoms with van der Waals surface area (Å²) in [5.74, 6) is 1.08. The van der Waals surface area contributed by atoms with E-state index in [-0.39, 0.29) is 0 Å². The van der Waals surface area contributed by atoms with Crippen LogP contribution in [0.1, 0.15) is 17.0 Å². The highest BCUT2D eigenvalue weighted by Crippen LogP contribution is 2.39. The molecule has 0 fully saturated rings. The van der Waals surface area contributed by atoms with Crippen molar-refractivity contribution >= 4 is 54.9 Å². The SMILES string of the molecule is Cc1ccc2c(oc3ccccc32)c1-n1c(C)[n+](C)c2c3c(ccc21)oc1cc(C#N)ccc13. The monoisotopic (exact) mass is 442 g/mol. The molecule has 0 saturated heterocycles. The minimum absolute atomic E-state index is 0.591. The van der Waals surface area contributed by atoms with Gasteiger partial charge in [-0.3, -0.25) is 0 Å². The molecule has 0 amide bonds. The first-order valence-corrected chi connectivity index (χ1v) is 11.2. The van der Waals surface area contributed by atoms with Crippen molar-refractivity contribution in [1.29, 1.82) is 5.26 Å². The molecule has 0 atom stereocenters. The normalized spacial score (nSPS) is 11.9. The van der Waals surface area contributed by atoms with E-state index in [4.69, 9.17) is 8.83 Å². The lowest BCUT2D eigenvalue weighted by Gasteiger charge is -2.05. The van der Waals surface area contributed by atoms with Crippen molar-refractivity contribution < 1.29 is 13.4 Å². The summed E-state index contributed by atoms with van der Waals surface area (Å²) in [6.45, 7) is 4.26. The van der Waals surface area contributed by atoms with E-state index in [9.17, 15) is 5.26 Å². The fraction of sp³-hybridized carbons (Fsp3) is 0.103. The summed E-state index contributed by atoms with van der Waals surface area (Å²) in [7, 11) is 2.09. The molecule has 0 spiro atoms. The van der Waals surface area contributed by atoms with Gasteiger partial charge in [0.15, 0.2) is 22.3 Å². The van der Waals surface area contributed by atoms with Crippen LogP contribution in [0, 0.1) is 25.2 Å². The Bertz CT molecular complexity index is 2010. The average molecular weight is 442 g/mol. The van der Waals surface area contributed by atoms with Gasteiger partial charge < -0.3 is 8.83 Å². The van der Waals surface area contributed by atoms with Crippen LogP contribution in [0.3, 0.4) is 0 Å². The molecule has 0 N–H and O–H groups in total. The maximum Gasteiger partial charge on any atom is 0.259 e. The Balaban J connectivity index is 1.65. The summed E-state index contributed by atoms with van der Waals surface area (Å²) in [6, 6.07) is 24.5. The van der Waals surface area contributed by atoms with Gasteiger partial charge in [-0.25, -0.2) is 4.57 Å². The molecule has 7 rings (SSSR count). The summed E-state index contributed by atoms with van der Waals surface area (Å²) in [6.07, 6.45) is 0. The van der Waals surface area contributed by atoms with Gasteiger partial charge in [0.2, 0.25) is 0 Å². The second-order valence-corrected chi connectivity index (χ2v) is 8.88. The molecule has 0 saturated carbocycles. The maximum atomic E-state index is 9.31. The van der Waals surface area contributed by atoms with Gasteiger partial charge >= 0.3 is 0 Å². The number of furan rings is 2. The molecule has 0 aliphatic carbocycles. The van der Waals surface area contributed by atoms with Crippen molar-refractivity contribution in [3.05, 3.63) is 83.7 Å². The van der Waals surface area contributed by atoms with Crippen LogP contribution in [0.15, 0.2) is 75.6 Å². The Labute approximate surface area is 194 Å². The molecule has 34 heavy (non-hydrogen) atoms. The molecule has 7 aromatic rings. The summed E-state index contributed by atoms with van der Waals surface area (Å²) in [5.41, 5.74) is 8.26. The molecule has 5 nitrogen and oxygen atoms in total. The average Bonchev–Trinajstić information content (AvgIpc) is 3.49. The lowest BCUT2D eigenvalue weighted by molar-refractivity contribution is -0.651. The predicted octanol–water partition coefficient (Wildman–Crippen LogP) is 6.74. The summed E-state index contributed by atoms with van der Waals surface area (Å²) in [4.78, 5) is 0. The standard InChI is InChI=1S/C29H20N3O2/c1-16-8-10-20-19-6-4-5-7-23(19)34-29(20)27(16)32-17(2)31(3)28-22(32)12-13-24-26(28)21-11-9-18(15-30)14-25(21)33-24/h4-14H,1-3H3/q+1. The number of rotatable bonds is 1. The Morgan fingerprint density at radius 3 is 2.50 bits per heavy atom. The van der Waals surface area contributed by atoms with Crippen LogP contribution in [0.25, 0.3) is 60.6 Å². The zero-order valence-corrected chi connectivity index (χ0v) is 19.0. The van der Waals surface area contributed by atoms with Crippen molar-refractivity contribution in [3.63, 3.8) is 0 Å². The van der Waals surface area contributed by atoms with Crippen molar-refractivity contribution in [2.24, 2.45) is 7.05 Å². The first-order chi connectivity index (χ1) is 16.6. The molecule has 3 heterocycles. The van der Waals surface area contributed by atoms with Gasteiger partial charge in [0.05, 0.1) is 24.1 Å². The molecule has 3 aromatic heterocycles. The number of aryl methyl sites for hydroxylation is 2. The van der Waals surface area contributed by atoms with Crippen LogP contribution in [0.4, 0.5) is 0 Å². The highest BCUT2D eigenvalue weighted by atomic mass is 16.3. The summed E-state index contributed by atoms with van der Waals surface area (Å²) >= 11 is 0. The quantitative estimate of drug-likeness (QED) is 0.265. The van der Waals surface area contributed by atoms with E-state index in [1.165, 1.54) is 0 Å². The molecular formula is C29H20N3O2+. The third-order valence-corrected chi connectivity index (χ3v) is 7.05. The van der Waals surface area contributed by atoms with Gasteiger partial charge in [0.25, 0.3) is 5.82 Å². The molecule has 5 heteroatoms. The third-order valence-electron chi connectivity index (χ3n) is 7.05. The topological polar surface area (TPSA) is 58.9 Å². The molecule has 4 aromatic carbocycles. The molecule has 0 radical (unpaired) electrons. The second-order valence-electron chi connectivity index (χ2n) is 8.88. The maximum absolute atomic E-state index is 9.31. The Morgan fingerprint density at radius 2 is 1.65 bits per heavy atom.